The molecule has 1 heterocycles. The summed E-state index contributed by atoms with van der Waals surface area (Å²) in [6, 6.07) is 17.1. The van der Waals surface area contributed by atoms with Crippen molar-refractivity contribution < 1.29 is 22.4 Å². The molecule has 4 aromatic rings. The Morgan fingerprint density at radius 2 is 1.76 bits per heavy atom. The maximum Gasteiger partial charge on any atom is 0.322 e. The smallest absolute Gasteiger partial charge is 0.322 e. The fourth-order valence-electron chi connectivity index (χ4n) is 3.29. The van der Waals surface area contributed by atoms with E-state index in [0.29, 0.717) is 23.5 Å². The SMILES string of the molecule is CCOc1ccc2ccccc2c1C(=O)Nc1nnc(-c2ccc(S(=O)(=O)N(C)C)cc2)o1. The van der Waals surface area contributed by atoms with Gasteiger partial charge < -0.3 is 9.15 Å². The minimum Gasteiger partial charge on any atom is -0.493 e. The molecule has 9 nitrogen and oxygen atoms in total. The molecule has 0 saturated heterocycles. The predicted octanol–water partition coefficient (Wildman–Crippen LogP) is 3.79. The Bertz CT molecular complexity index is 1410. The van der Waals surface area contributed by atoms with Gasteiger partial charge in [0, 0.05) is 19.7 Å². The molecule has 0 spiro atoms. The number of nitrogens with one attached hydrogen (secondary N) is 1. The zero-order valence-corrected chi connectivity index (χ0v) is 19.1. The Morgan fingerprint density at radius 3 is 2.45 bits per heavy atom. The Balaban J connectivity index is 1.60. The molecule has 1 amide bonds. The molecule has 0 fully saturated rings. The van der Waals surface area contributed by atoms with Crippen molar-refractivity contribution in [3.8, 4) is 17.2 Å². The topological polar surface area (TPSA) is 115 Å². The first-order valence-electron chi connectivity index (χ1n) is 10.1. The van der Waals surface area contributed by atoms with Crippen LogP contribution in [0.1, 0.15) is 17.3 Å². The number of benzene rings is 3. The molecule has 0 saturated carbocycles. The molecule has 170 valence electrons. The second kappa shape index (κ2) is 9.00. The largest absolute Gasteiger partial charge is 0.493 e. The fourth-order valence-corrected chi connectivity index (χ4v) is 4.19. The number of sulfonamides is 1. The molecule has 33 heavy (non-hydrogen) atoms. The summed E-state index contributed by atoms with van der Waals surface area (Å²) in [6.07, 6.45) is 0. The number of ether oxygens (including phenoxy) is 1. The Hall–Kier alpha value is -3.76. The number of fused-ring (bicyclic) bond motifs is 1. The van der Waals surface area contributed by atoms with Crippen molar-refractivity contribution in [2.24, 2.45) is 0 Å². The van der Waals surface area contributed by atoms with Crippen LogP contribution in [0.3, 0.4) is 0 Å². The van der Waals surface area contributed by atoms with Crippen molar-refractivity contribution in [2.75, 3.05) is 26.0 Å². The normalized spacial score (nSPS) is 11.6. The second-order valence-electron chi connectivity index (χ2n) is 7.27. The summed E-state index contributed by atoms with van der Waals surface area (Å²) in [5, 5.41) is 12.1. The molecule has 4 rings (SSSR count). The van der Waals surface area contributed by atoms with Crippen molar-refractivity contribution in [3.05, 3.63) is 66.2 Å². The molecular formula is C23H22N4O5S. The van der Waals surface area contributed by atoms with E-state index < -0.39 is 15.9 Å². The number of nitrogens with zero attached hydrogens (tertiary/aromatic N) is 3. The number of rotatable bonds is 7. The van der Waals surface area contributed by atoms with Crippen LogP contribution in [0.2, 0.25) is 0 Å². The van der Waals surface area contributed by atoms with Crippen molar-refractivity contribution >= 4 is 32.7 Å². The van der Waals surface area contributed by atoms with Gasteiger partial charge in [-0.15, -0.1) is 5.10 Å². The van der Waals surface area contributed by atoms with Crippen molar-refractivity contribution in [3.63, 3.8) is 0 Å². The monoisotopic (exact) mass is 466 g/mol. The van der Waals surface area contributed by atoms with Gasteiger partial charge in [0.2, 0.25) is 15.9 Å². The predicted molar refractivity (Wildman–Crippen MR) is 124 cm³/mol. The highest BCUT2D eigenvalue weighted by molar-refractivity contribution is 7.89. The van der Waals surface area contributed by atoms with Gasteiger partial charge in [-0.1, -0.05) is 35.4 Å². The highest BCUT2D eigenvalue weighted by Gasteiger charge is 2.20. The first kappa shape index (κ1) is 22.4. The molecule has 0 aliphatic carbocycles. The van der Waals surface area contributed by atoms with Crippen LogP contribution in [-0.4, -0.2) is 49.5 Å². The molecule has 0 aliphatic rings. The van der Waals surface area contributed by atoms with E-state index in [4.69, 9.17) is 9.15 Å². The first-order valence-corrected chi connectivity index (χ1v) is 11.6. The van der Waals surface area contributed by atoms with E-state index in [-0.39, 0.29) is 16.8 Å². The minimum absolute atomic E-state index is 0.0876. The van der Waals surface area contributed by atoms with E-state index in [1.165, 1.54) is 26.2 Å². The molecule has 10 heteroatoms. The summed E-state index contributed by atoms with van der Waals surface area (Å²) in [5.41, 5.74) is 0.883. The molecule has 0 bridgehead atoms. The summed E-state index contributed by atoms with van der Waals surface area (Å²) < 4.78 is 36.8. The number of anilines is 1. The highest BCUT2D eigenvalue weighted by Crippen LogP contribution is 2.29. The number of aromatic nitrogens is 2. The van der Waals surface area contributed by atoms with Gasteiger partial charge in [-0.05, 0) is 48.0 Å². The molecule has 0 atom stereocenters. The summed E-state index contributed by atoms with van der Waals surface area (Å²) >= 11 is 0. The van der Waals surface area contributed by atoms with Gasteiger partial charge in [0.15, 0.2) is 0 Å². The lowest BCUT2D eigenvalue weighted by Gasteiger charge is -2.12. The van der Waals surface area contributed by atoms with E-state index >= 15 is 0 Å². The van der Waals surface area contributed by atoms with Gasteiger partial charge in [0.05, 0.1) is 17.1 Å². The Kier molecular flexibility index (Phi) is 6.12. The quantitative estimate of drug-likeness (QED) is 0.441. The maximum absolute atomic E-state index is 13.1. The second-order valence-corrected chi connectivity index (χ2v) is 9.42. The van der Waals surface area contributed by atoms with Crippen LogP contribution < -0.4 is 10.1 Å². The molecule has 0 aliphatic heterocycles. The van der Waals surface area contributed by atoms with Crippen molar-refractivity contribution in [1.82, 2.24) is 14.5 Å². The van der Waals surface area contributed by atoms with E-state index in [1.807, 2.05) is 37.3 Å². The lowest BCUT2D eigenvalue weighted by Crippen LogP contribution is -2.22. The van der Waals surface area contributed by atoms with E-state index in [0.717, 1.165) is 15.1 Å². The van der Waals surface area contributed by atoms with E-state index in [1.54, 1.807) is 18.2 Å². The van der Waals surface area contributed by atoms with Crippen LogP contribution in [0.4, 0.5) is 6.01 Å². The molecule has 1 N–H and O–H groups in total. The number of amides is 1. The Labute approximate surface area is 191 Å². The molecule has 1 aromatic heterocycles. The van der Waals surface area contributed by atoms with Gasteiger partial charge in [0.1, 0.15) is 5.75 Å². The molecule has 3 aromatic carbocycles. The zero-order chi connectivity index (χ0) is 23.6. The maximum atomic E-state index is 13.1. The van der Waals surface area contributed by atoms with Crippen LogP contribution in [0.25, 0.3) is 22.2 Å². The van der Waals surface area contributed by atoms with Crippen LogP contribution in [0.15, 0.2) is 70.0 Å². The van der Waals surface area contributed by atoms with Crippen LogP contribution in [0.5, 0.6) is 5.75 Å². The Morgan fingerprint density at radius 1 is 1.03 bits per heavy atom. The van der Waals surface area contributed by atoms with E-state index in [9.17, 15) is 13.2 Å². The third kappa shape index (κ3) is 4.43. The summed E-state index contributed by atoms with van der Waals surface area (Å²) in [4.78, 5) is 13.2. The lowest BCUT2D eigenvalue weighted by atomic mass is 10.0. The average molecular weight is 467 g/mol. The van der Waals surface area contributed by atoms with Gasteiger partial charge in [-0.3, -0.25) is 10.1 Å². The van der Waals surface area contributed by atoms with Crippen molar-refractivity contribution in [1.29, 1.82) is 0 Å². The average Bonchev–Trinajstić information content (AvgIpc) is 3.27. The van der Waals surface area contributed by atoms with Gasteiger partial charge >= 0.3 is 6.01 Å². The number of carbonyl (C=O) groups is 1. The third-order valence-corrected chi connectivity index (χ3v) is 6.77. The van der Waals surface area contributed by atoms with Crippen LogP contribution >= 0.6 is 0 Å². The molecule has 0 radical (unpaired) electrons. The van der Waals surface area contributed by atoms with Crippen LogP contribution in [-0.2, 0) is 10.0 Å². The summed E-state index contributed by atoms with van der Waals surface area (Å²) in [7, 11) is -0.623. The fraction of sp³-hybridized carbons (Fsp3) is 0.174. The lowest BCUT2D eigenvalue weighted by molar-refractivity contribution is 0.102. The van der Waals surface area contributed by atoms with Crippen LogP contribution in [0, 0.1) is 0 Å². The molecular weight excluding hydrogens is 444 g/mol. The number of hydrogen-bond acceptors (Lipinski definition) is 7. The van der Waals surface area contributed by atoms with Gasteiger partial charge in [0.25, 0.3) is 5.91 Å². The number of carbonyl (C=O) groups excluding carboxylic acids is 1. The first-order chi connectivity index (χ1) is 15.8. The van der Waals surface area contributed by atoms with Crippen molar-refractivity contribution in [2.45, 2.75) is 11.8 Å². The zero-order valence-electron chi connectivity index (χ0n) is 18.3. The highest BCUT2D eigenvalue weighted by atomic mass is 32.2. The van der Waals surface area contributed by atoms with E-state index in [2.05, 4.69) is 15.5 Å². The summed E-state index contributed by atoms with van der Waals surface area (Å²) in [5.74, 6) is 0.144. The van der Waals surface area contributed by atoms with Gasteiger partial charge in [-0.2, -0.15) is 0 Å². The molecule has 0 unspecified atom stereocenters. The summed E-state index contributed by atoms with van der Waals surface area (Å²) in [6.45, 7) is 2.25. The standard InChI is InChI=1S/C23H22N4O5S/c1-4-31-19-14-11-15-7-5-6-8-18(15)20(19)21(28)24-23-26-25-22(32-23)16-9-12-17(13-10-16)33(29,30)27(2)3/h5-14H,4H2,1-3H3,(H,24,26,28). The van der Waals surface area contributed by atoms with Gasteiger partial charge in [-0.25, -0.2) is 12.7 Å². The third-order valence-electron chi connectivity index (χ3n) is 4.94. The minimum atomic E-state index is -3.55. The number of hydrogen-bond donors (Lipinski definition) is 1.